The van der Waals surface area contributed by atoms with E-state index in [2.05, 4.69) is 11.0 Å². The Morgan fingerprint density at radius 3 is 2.70 bits per heavy atom. The van der Waals surface area contributed by atoms with Crippen LogP contribution in [0.15, 0.2) is 42.5 Å². The average Bonchev–Trinajstić information content (AvgIpc) is 2.70. The van der Waals surface area contributed by atoms with Crippen molar-refractivity contribution in [2.75, 3.05) is 33.9 Å². The third kappa shape index (κ3) is 4.79. The van der Waals surface area contributed by atoms with Crippen molar-refractivity contribution >= 4 is 0 Å². The molecular weight excluding hydrogens is 345 g/mol. The van der Waals surface area contributed by atoms with E-state index >= 15 is 0 Å². The number of methoxy groups -OCH3 is 2. The molecule has 0 bridgehead atoms. The quantitative estimate of drug-likeness (QED) is 0.804. The number of ether oxygens (including phenoxy) is 2. The van der Waals surface area contributed by atoms with Gasteiger partial charge in [-0.2, -0.15) is 0 Å². The van der Waals surface area contributed by atoms with E-state index in [1.165, 1.54) is 18.7 Å². The van der Waals surface area contributed by atoms with Crippen molar-refractivity contribution in [1.29, 1.82) is 0 Å². The highest BCUT2D eigenvalue weighted by atomic mass is 19.1. The first kappa shape index (κ1) is 19.6. The molecule has 0 unspecified atom stereocenters. The normalized spacial score (nSPS) is 20.4. The van der Waals surface area contributed by atoms with Gasteiger partial charge in [0.25, 0.3) is 0 Å². The van der Waals surface area contributed by atoms with E-state index in [1.807, 2.05) is 18.2 Å². The van der Waals surface area contributed by atoms with Crippen LogP contribution in [0.2, 0.25) is 0 Å². The monoisotopic (exact) mass is 373 g/mol. The fourth-order valence-corrected chi connectivity index (χ4v) is 4.05. The average molecular weight is 373 g/mol. The lowest BCUT2D eigenvalue weighted by Gasteiger charge is -2.42. The molecule has 0 radical (unpaired) electrons. The zero-order valence-electron chi connectivity index (χ0n) is 16.1. The highest BCUT2D eigenvalue weighted by Gasteiger charge is 2.35. The number of aliphatic hydroxyl groups excluding tert-OH is 1. The molecule has 1 aliphatic heterocycles. The van der Waals surface area contributed by atoms with Crippen molar-refractivity contribution in [1.82, 2.24) is 4.90 Å². The first-order valence-corrected chi connectivity index (χ1v) is 9.36. The third-order valence-corrected chi connectivity index (χ3v) is 5.41. The van der Waals surface area contributed by atoms with E-state index in [-0.39, 0.29) is 23.6 Å². The summed E-state index contributed by atoms with van der Waals surface area (Å²) < 4.78 is 24.1. The Balaban J connectivity index is 1.72. The number of piperidine rings is 1. The standard InChI is InChI=1S/C22H28FNO3/c1-26-19-6-3-5-17(11-19)13-22(16-25)9-4-10-24(15-22)14-18-7-8-20(23)21(12-18)27-2/h3,5-8,11-12,25H,4,9-10,13-16H2,1-2H3/t22-/m0/s1. The summed E-state index contributed by atoms with van der Waals surface area (Å²) in [7, 11) is 3.15. The SMILES string of the molecule is COc1cccc(C[C@@]2(CO)CCCN(Cc3ccc(F)c(OC)c3)C2)c1. The van der Waals surface area contributed by atoms with Gasteiger partial charge in [-0.05, 0) is 61.2 Å². The van der Waals surface area contributed by atoms with E-state index in [0.717, 1.165) is 50.2 Å². The molecule has 0 aliphatic carbocycles. The molecule has 1 saturated heterocycles. The Morgan fingerprint density at radius 1 is 1.11 bits per heavy atom. The van der Waals surface area contributed by atoms with E-state index in [0.29, 0.717) is 0 Å². The van der Waals surface area contributed by atoms with Crippen molar-refractivity contribution in [3.8, 4) is 11.5 Å². The van der Waals surface area contributed by atoms with Crippen molar-refractivity contribution in [3.05, 3.63) is 59.4 Å². The predicted octanol–water partition coefficient (Wildman–Crippen LogP) is 3.66. The Hall–Kier alpha value is -2.11. The number of benzene rings is 2. The smallest absolute Gasteiger partial charge is 0.165 e. The van der Waals surface area contributed by atoms with Crippen molar-refractivity contribution in [2.45, 2.75) is 25.8 Å². The van der Waals surface area contributed by atoms with Crippen molar-refractivity contribution in [2.24, 2.45) is 5.41 Å². The number of halogens is 1. The minimum atomic E-state index is -0.345. The highest BCUT2D eigenvalue weighted by Crippen LogP contribution is 2.35. The zero-order chi connectivity index (χ0) is 19.3. The number of hydrogen-bond acceptors (Lipinski definition) is 4. The molecule has 2 aromatic rings. The van der Waals surface area contributed by atoms with E-state index < -0.39 is 0 Å². The van der Waals surface area contributed by atoms with Gasteiger partial charge < -0.3 is 14.6 Å². The molecule has 2 aromatic carbocycles. The van der Waals surface area contributed by atoms with Gasteiger partial charge >= 0.3 is 0 Å². The minimum Gasteiger partial charge on any atom is -0.497 e. The summed E-state index contributed by atoms with van der Waals surface area (Å²) in [6.07, 6.45) is 2.83. The Morgan fingerprint density at radius 2 is 1.96 bits per heavy atom. The number of rotatable bonds is 7. The maximum atomic E-state index is 13.6. The topological polar surface area (TPSA) is 41.9 Å². The maximum absolute atomic E-state index is 13.6. The largest absolute Gasteiger partial charge is 0.497 e. The molecule has 146 valence electrons. The Kier molecular flexibility index (Phi) is 6.34. The lowest BCUT2D eigenvalue weighted by Crippen LogP contribution is -2.46. The first-order valence-electron chi connectivity index (χ1n) is 9.36. The van der Waals surface area contributed by atoms with E-state index in [4.69, 9.17) is 9.47 Å². The molecule has 4 nitrogen and oxygen atoms in total. The van der Waals surface area contributed by atoms with Crippen LogP contribution in [-0.2, 0) is 13.0 Å². The van der Waals surface area contributed by atoms with Crippen LogP contribution in [0, 0.1) is 11.2 Å². The number of likely N-dealkylation sites (tertiary alicyclic amines) is 1. The number of hydrogen-bond donors (Lipinski definition) is 1. The fourth-order valence-electron chi connectivity index (χ4n) is 4.05. The van der Waals surface area contributed by atoms with Crippen molar-refractivity contribution in [3.63, 3.8) is 0 Å². The molecule has 0 amide bonds. The summed E-state index contributed by atoms with van der Waals surface area (Å²) in [6.45, 7) is 2.64. The van der Waals surface area contributed by atoms with Crippen LogP contribution >= 0.6 is 0 Å². The molecule has 3 rings (SSSR count). The second-order valence-electron chi connectivity index (χ2n) is 7.47. The van der Waals surface area contributed by atoms with Gasteiger partial charge in [-0.25, -0.2) is 4.39 Å². The summed E-state index contributed by atoms with van der Waals surface area (Å²) >= 11 is 0. The molecule has 27 heavy (non-hydrogen) atoms. The maximum Gasteiger partial charge on any atom is 0.165 e. The van der Waals surface area contributed by atoms with Gasteiger partial charge in [-0.3, -0.25) is 4.90 Å². The lowest BCUT2D eigenvalue weighted by molar-refractivity contribution is 0.0288. The first-order chi connectivity index (χ1) is 13.1. The van der Waals surface area contributed by atoms with Crippen LogP contribution in [-0.4, -0.2) is 43.9 Å². The zero-order valence-corrected chi connectivity index (χ0v) is 16.1. The van der Waals surface area contributed by atoms with Crippen LogP contribution in [0.5, 0.6) is 11.5 Å². The molecule has 0 aromatic heterocycles. The van der Waals surface area contributed by atoms with Crippen LogP contribution in [0.1, 0.15) is 24.0 Å². The molecule has 5 heteroatoms. The van der Waals surface area contributed by atoms with Crippen LogP contribution in [0.3, 0.4) is 0 Å². The molecule has 1 atom stereocenters. The minimum absolute atomic E-state index is 0.146. The highest BCUT2D eigenvalue weighted by molar-refractivity contribution is 5.31. The van der Waals surface area contributed by atoms with Crippen LogP contribution < -0.4 is 9.47 Å². The van der Waals surface area contributed by atoms with Crippen molar-refractivity contribution < 1.29 is 19.0 Å². The van der Waals surface area contributed by atoms with Gasteiger partial charge in [-0.1, -0.05) is 18.2 Å². The molecule has 1 aliphatic rings. The molecule has 0 saturated carbocycles. The van der Waals surface area contributed by atoms with Gasteiger partial charge in [0.2, 0.25) is 0 Å². The van der Waals surface area contributed by atoms with Gasteiger partial charge in [-0.15, -0.1) is 0 Å². The number of aliphatic hydroxyl groups is 1. The van der Waals surface area contributed by atoms with E-state index in [9.17, 15) is 9.50 Å². The second kappa shape index (κ2) is 8.72. The molecule has 1 heterocycles. The summed E-state index contributed by atoms with van der Waals surface area (Å²) in [5.41, 5.74) is 2.02. The molecule has 1 fully saturated rings. The van der Waals surface area contributed by atoms with Gasteiger partial charge in [0.1, 0.15) is 5.75 Å². The molecular formula is C22H28FNO3. The lowest BCUT2D eigenvalue weighted by atomic mass is 9.75. The summed E-state index contributed by atoms with van der Waals surface area (Å²) in [4.78, 5) is 2.34. The number of nitrogens with zero attached hydrogens (tertiary/aromatic N) is 1. The fraction of sp³-hybridized carbons (Fsp3) is 0.455. The van der Waals surface area contributed by atoms with Crippen LogP contribution in [0.25, 0.3) is 0 Å². The Labute approximate surface area is 160 Å². The van der Waals surface area contributed by atoms with Gasteiger partial charge in [0.05, 0.1) is 20.8 Å². The van der Waals surface area contributed by atoms with Gasteiger partial charge in [0, 0.05) is 18.5 Å². The van der Waals surface area contributed by atoms with Crippen LogP contribution in [0.4, 0.5) is 4.39 Å². The van der Waals surface area contributed by atoms with Gasteiger partial charge in [0.15, 0.2) is 11.6 Å². The Bertz CT molecular complexity index is 767. The summed E-state index contributed by atoms with van der Waals surface area (Å²) in [5.74, 6) is 0.767. The molecule has 0 spiro atoms. The predicted molar refractivity (Wildman–Crippen MR) is 104 cm³/mol. The summed E-state index contributed by atoms with van der Waals surface area (Å²) in [6, 6.07) is 13.1. The van der Waals surface area contributed by atoms with E-state index in [1.54, 1.807) is 19.2 Å². The third-order valence-electron chi connectivity index (χ3n) is 5.41. The molecule has 1 N–H and O–H groups in total. The second-order valence-corrected chi connectivity index (χ2v) is 7.47. The summed E-state index contributed by atoms with van der Waals surface area (Å²) in [5, 5.41) is 10.2.